The SMILES string of the molecule is CC1CCC(C(N)=O)CN1CCOCCN.Cl. The van der Waals surface area contributed by atoms with Gasteiger partial charge in [0.1, 0.15) is 0 Å². The van der Waals surface area contributed by atoms with Crippen LogP contribution in [-0.2, 0) is 9.53 Å². The molecular weight excluding hydrogens is 242 g/mol. The molecule has 1 aliphatic heterocycles. The van der Waals surface area contributed by atoms with Crippen LogP contribution < -0.4 is 11.5 Å². The quantitative estimate of drug-likeness (QED) is 0.661. The molecule has 2 atom stereocenters. The van der Waals surface area contributed by atoms with E-state index in [-0.39, 0.29) is 24.2 Å². The highest BCUT2D eigenvalue weighted by molar-refractivity contribution is 5.85. The van der Waals surface area contributed by atoms with E-state index in [9.17, 15) is 4.79 Å². The van der Waals surface area contributed by atoms with Crippen molar-refractivity contribution in [3.63, 3.8) is 0 Å². The molecule has 0 aromatic carbocycles. The lowest BCUT2D eigenvalue weighted by Crippen LogP contribution is -2.46. The Morgan fingerprint density at radius 1 is 1.41 bits per heavy atom. The zero-order valence-electron chi connectivity index (χ0n) is 10.4. The predicted octanol–water partition coefficient (Wildman–Crippen LogP) is -0.0307. The number of hydrogen-bond donors (Lipinski definition) is 2. The zero-order valence-corrected chi connectivity index (χ0v) is 11.2. The molecule has 0 spiro atoms. The molecule has 5 nitrogen and oxygen atoms in total. The Bertz CT molecular complexity index is 229. The van der Waals surface area contributed by atoms with Crippen LogP contribution in [0.2, 0.25) is 0 Å². The van der Waals surface area contributed by atoms with Crippen molar-refractivity contribution in [2.75, 3.05) is 32.8 Å². The highest BCUT2D eigenvalue weighted by atomic mass is 35.5. The Balaban J connectivity index is 0.00000256. The molecule has 1 fully saturated rings. The summed E-state index contributed by atoms with van der Waals surface area (Å²) in [6.45, 7) is 5.63. The van der Waals surface area contributed by atoms with Gasteiger partial charge in [0, 0.05) is 25.7 Å². The number of hydrogen-bond acceptors (Lipinski definition) is 4. The molecule has 0 bridgehead atoms. The van der Waals surface area contributed by atoms with Crippen molar-refractivity contribution in [2.45, 2.75) is 25.8 Å². The monoisotopic (exact) mass is 265 g/mol. The lowest BCUT2D eigenvalue weighted by Gasteiger charge is -2.36. The lowest BCUT2D eigenvalue weighted by atomic mass is 9.93. The summed E-state index contributed by atoms with van der Waals surface area (Å²) >= 11 is 0. The second-order valence-corrected chi connectivity index (χ2v) is 4.42. The van der Waals surface area contributed by atoms with E-state index in [1.165, 1.54) is 0 Å². The Labute approximate surface area is 109 Å². The average molecular weight is 266 g/mol. The summed E-state index contributed by atoms with van der Waals surface area (Å²) in [6, 6.07) is 0.511. The summed E-state index contributed by atoms with van der Waals surface area (Å²) in [7, 11) is 0. The summed E-state index contributed by atoms with van der Waals surface area (Å²) in [5.74, 6) is -0.175. The third-order valence-electron chi connectivity index (χ3n) is 3.20. The number of carbonyl (C=O) groups excluding carboxylic acids is 1. The Morgan fingerprint density at radius 2 is 2.12 bits per heavy atom. The molecule has 0 aromatic rings. The van der Waals surface area contributed by atoms with E-state index < -0.39 is 0 Å². The number of likely N-dealkylation sites (tertiary alicyclic amines) is 1. The lowest BCUT2D eigenvalue weighted by molar-refractivity contribution is -0.124. The first-order valence-electron chi connectivity index (χ1n) is 5.96. The van der Waals surface area contributed by atoms with Crippen LogP contribution in [0.3, 0.4) is 0 Å². The van der Waals surface area contributed by atoms with Crippen LogP contribution in [0.15, 0.2) is 0 Å². The maximum absolute atomic E-state index is 11.1. The zero-order chi connectivity index (χ0) is 12.0. The molecule has 1 heterocycles. The van der Waals surface area contributed by atoms with Gasteiger partial charge in [0.15, 0.2) is 0 Å². The van der Waals surface area contributed by atoms with Crippen LogP contribution in [0.4, 0.5) is 0 Å². The maximum Gasteiger partial charge on any atom is 0.221 e. The first-order chi connectivity index (χ1) is 7.65. The van der Waals surface area contributed by atoms with Gasteiger partial charge in [-0.25, -0.2) is 0 Å². The maximum atomic E-state index is 11.1. The Hall–Kier alpha value is -0.360. The molecule has 2 unspecified atom stereocenters. The Kier molecular flexibility index (Phi) is 8.51. The van der Waals surface area contributed by atoms with Crippen molar-refractivity contribution in [3.8, 4) is 0 Å². The fraction of sp³-hybridized carbons (Fsp3) is 0.909. The number of amides is 1. The summed E-state index contributed by atoms with van der Waals surface area (Å²) in [4.78, 5) is 13.4. The number of primary amides is 1. The molecule has 6 heteroatoms. The van der Waals surface area contributed by atoms with Crippen molar-refractivity contribution < 1.29 is 9.53 Å². The first-order valence-corrected chi connectivity index (χ1v) is 5.96. The number of carbonyl (C=O) groups is 1. The molecule has 102 valence electrons. The molecular formula is C11H24ClN3O2. The fourth-order valence-electron chi connectivity index (χ4n) is 2.09. The molecule has 4 N–H and O–H groups in total. The minimum atomic E-state index is -0.181. The first kappa shape index (κ1) is 16.6. The highest BCUT2D eigenvalue weighted by Gasteiger charge is 2.27. The van der Waals surface area contributed by atoms with Crippen LogP contribution in [-0.4, -0.2) is 49.7 Å². The second kappa shape index (κ2) is 8.69. The van der Waals surface area contributed by atoms with Gasteiger partial charge in [0.25, 0.3) is 0 Å². The van der Waals surface area contributed by atoms with E-state index in [1.54, 1.807) is 0 Å². The molecule has 0 aromatic heterocycles. The average Bonchev–Trinajstić information content (AvgIpc) is 2.26. The largest absolute Gasteiger partial charge is 0.379 e. The topological polar surface area (TPSA) is 81.6 Å². The number of ether oxygens (including phenoxy) is 1. The number of nitrogens with zero attached hydrogens (tertiary/aromatic N) is 1. The van der Waals surface area contributed by atoms with Gasteiger partial charge in [-0.1, -0.05) is 0 Å². The van der Waals surface area contributed by atoms with Gasteiger partial charge in [-0.15, -0.1) is 12.4 Å². The molecule has 0 saturated carbocycles. The molecule has 0 radical (unpaired) electrons. The standard InChI is InChI=1S/C11H23N3O2.ClH/c1-9-2-3-10(11(13)15)8-14(9)5-7-16-6-4-12;/h9-10H,2-8,12H2,1H3,(H2,13,15);1H. The van der Waals surface area contributed by atoms with Crippen LogP contribution >= 0.6 is 12.4 Å². The predicted molar refractivity (Wildman–Crippen MR) is 70.1 cm³/mol. The summed E-state index contributed by atoms with van der Waals surface area (Å²) in [5.41, 5.74) is 10.7. The van der Waals surface area contributed by atoms with Crippen molar-refractivity contribution in [1.29, 1.82) is 0 Å². The summed E-state index contributed by atoms with van der Waals surface area (Å²) in [5, 5.41) is 0. The number of halogens is 1. The number of nitrogens with two attached hydrogens (primary N) is 2. The van der Waals surface area contributed by atoms with Crippen molar-refractivity contribution >= 4 is 18.3 Å². The van der Waals surface area contributed by atoms with E-state index in [2.05, 4.69) is 11.8 Å². The van der Waals surface area contributed by atoms with Crippen LogP contribution in [0.1, 0.15) is 19.8 Å². The van der Waals surface area contributed by atoms with E-state index >= 15 is 0 Å². The van der Waals surface area contributed by atoms with E-state index in [0.29, 0.717) is 25.8 Å². The van der Waals surface area contributed by atoms with Crippen LogP contribution in [0.25, 0.3) is 0 Å². The number of rotatable bonds is 6. The molecule has 1 amide bonds. The molecule has 17 heavy (non-hydrogen) atoms. The van der Waals surface area contributed by atoms with Gasteiger partial charge in [0.2, 0.25) is 5.91 Å². The molecule has 1 saturated heterocycles. The van der Waals surface area contributed by atoms with E-state index in [1.807, 2.05) is 0 Å². The summed E-state index contributed by atoms with van der Waals surface area (Å²) in [6.07, 6.45) is 1.95. The molecule has 1 aliphatic rings. The van der Waals surface area contributed by atoms with Crippen molar-refractivity contribution in [3.05, 3.63) is 0 Å². The third-order valence-corrected chi connectivity index (χ3v) is 3.20. The van der Waals surface area contributed by atoms with Crippen LogP contribution in [0.5, 0.6) is 0 Å². The minimum absolute atomic E-state index is 0. The third kappa shape index (κ3) is 5.68. The van der Waals surface area contributed by atoms with Crippen molar-refractivity contribution in [2.24, 2.45) is 17.4 Å². The van der Waals surface area contributed by atoms with Gasteiger partial charge in [-0.3, -0.25) is 9.69 Å². The smallest absolute Gasteiger partial charge is 0.221 e. The molecule has 1 rings (SSSR count). The highest BCUT2D eigenvalue weighted by Crippen LogP contribution is 2.21. The summed E-state index contributed by atoms with van der Waals surface area (Å²) < 4.78 is 5.35. The van der Waals surface area contributed by atoms with Crippen LogP contribution in [0, 0.1) is 5.92 Å². The Morgan fingerprint density at radius 3 is 2.71 bits per heavy atom. The second-order valence-electron chi connectivity index (χ2n) is 4.42. The van der Waals surface area contributed by atoms with Gasteiger partial charge in [-0.2, -0.15) is 0 Å². The van der Waals surface area contributed by atoms with Gasteiger partial charge in [0.05, 0.1) is 19.1 Å². The number of piperidine rings is 1. The fourth-order valence-corrected chi connectivity index (χ4v) is 2.09. The minimum Gasteiger partial charge on any atom is -0.379 e. The normalized spacial score (nSPS) is 25.3. The van der Waals surface area contributed by atoms with Gasteiger partial charge in [-0.05, 0) is 19.8 Å². The van der Waals surface area contributed by atoms with E-state index in [0.717, 1.165) is 25.9 Å². The van der Waals surface area contributed by atoms with Gasteiger partial charge < -0.3 is 16.2 Å². The van der Waals surface area contributed by atoms with Gasteiger partial charge >= 0.3 is 0 Å². The molecule has 0 aliphatic carbocycles. The van der Waals surface area contributed by atoms with E-state index in [4.69, 9.17) is 16.2 Å². The van der Waals surface area contributed by atoms with Crippen molar-refractivity contribution in [1.82, 2.24) is 4.90 Å².